The fraction of sp³-hybridized carbons (Fsp3) is 0.143. The topological polar surface area (TPSA) is 15.7 Å². The maximum atomic E-state index is 5.89. The maximum Gasteiger partial charge on any atom is 0.217 e. The third-order valence-electron chi connectivity index (χ3n) is 8.75. The van der Waals surface area contributed by atoms with Crippen molar-refractivity contribution in [3.8, 4) is 11.1 Å². The van der Waals surface area contributed by atoms with Crippen LogP contribution < -0.4 is 15.0 Å². The zero-order valence-electron chi connectivity index (χ0n) is 27.7. The molecule has 0 saturated heterocycles. The summed E-state index contributed by atoms with van der Waals surface area (Å²) in [5, 5.41) is 1.28. The molecule has 6 aromatic rings. The van der Waals surface area contributed by atoms with Crippen LogP contribution in [0, 0.1) is 20.8 Å². The van der Waals surface area contributed by atoms with Crippen LogP contribution in [0.1, 0.15) is 16.7 Å². The van der Waals surface area contributed by atoms with Gasteiger partial charge in [-0.1, -0.05) is 89.5 Å². The van der Waals surface area contributed by atoms with Gasteiger partial charge in [-0.2, -0.15) is 0 Å². The average molecular weight is 619 g/mol. The number of aryl methyl sites for hydroxylation is 3. The molecule has 6 aromatic carbocycles. The Bertz CT molecular complexity index is 1870. The van der Waals surface area contributed by atoms with Crippen LogP contribution in [0.15, 0.2) is 146 Å². The summed E-state index contributed by atoms with van der Waals surface area (Å²) in [7, 11) is -0.103. The minimum absolute atomic E-state index is 1.11. The molecule has 0 amide bonds. The van der Waals surface area contributed by atoms with E-state index in [4.69, 9.17) is 4.43 Å². The molecule has 0 atom stereocenters. The van der Waals surface area contributed by atoms with Crippen molar-refractivity contribution < 1.29 is 4.43 Å². The van der Waals surface area contributed by atoms with Crippen molar-refractivity contribution >= 4 is 47.6 Å². The van der Waals surface area contributed by atoms with E-state index < -0.39 is 8.32 Å². The zero-order chi connectivity index (χ0) is 32.3. The molecule has 0 saturated carbocycles. The van der Waals surface area contributed by atoms with Crippen molar-refractivity contribution in [1.82, 2.24) is 0 Å². The van der Waals surface area contributed by atoms with Crippen LogP contribution in [0.3, 0.4) is 0 Å². The fourth-order valence-electron chi connectivity index (χ4n) is 5.75. The normalized spacial score (nSPS) is 11.3. The first kappa shape index (κ1) is 31.1. The number of rotatable bonds is 9. The number of benzene rings is 6. The van der Waals surface area contributed by atoms with E-state index in [2.05, 4.69) is 189 Å². The third-order valence-corrected chi connectivity index (χ3v) is 11.5. The van der Waals surface area contributed by atoms with Gasteiger partial charge in [-0.25, -0.2) is 0 Å². The summed E-state index contributed by atoms with van der Waals surface area (Å²) >= 11 is 0. The molecule has 46 heavy (non-hydrogen) atoms. The minimum atomic E-state index is -1.92. The third kappa shape index (κ3) is 6.69. The summed E-state index contributed by atoms with van der Waals surface area (Å²) in [5.74, 6) is 0. The molecule has 0 radical (unpaired) electrons. The largest absolute Gasteiger partial charge is 0.416 e. The molecule has 0 aromatic heterocycles. The Morgan fingerprint density at radius 1 is 0.413 bits per heavy atom. The minimum Gasteiger partial charge on any atom is -0.416 e. The van der Waals surface area contributed by atoms with Crippen molar-refractivity contribution in [2.45, 2.75) is 33.9 Å². The van der Waals surface area contributed by atoms with Gasteiger partial charge >= 0.3 is 0 Å². The van der Waals surface area contributed by atoms with Crippen LogP contribution in [-0.4, -0.2) is 15.4 Å². The van der Waals surface area contributed by atoms with Crippen LogP contribution >= 0.6 is 0 Å². The monoisotopic (exact) mass is 618 g/mol. The molecule has 0 heterocycles. The zero-order valence-corrected chi connectivity index (χ0v) is 28.7. The summed E-state index contributed by atoms with van der Waals surface area (Å²) in [5.41, 5.74) is 12.8. The van der Waals surface area contributed by atoms with Crippen molar-refractivity contribution in [3.05, 3.63) is 162 Å². The lowest BCUT2D eigenvalue weighted by molar-refractivity contribution is 0.416. The van der Waals surface area contributed by atoms with Gasteiger partial charge in [-0.15, -0.1) is 0 Å². The van der Waals surface area contributed by atoms with Gasteiger partial charge in [-0.3, -0.25) is 0 Å². The van der Waals surface area contributed by atoms with Crippen molar-refractivity contribution in [2.75, 3.05) is 16.9 Å². The van der Waals surface area contributed by atoms with Gasteiger partial charge in [0.2, 0.25) is 8.32 Å². The molecule has 230 valence electrons. The molecule has 6 rings (SSSR count). The van der Waals surface area contributed by atoms with Crippen LogP contribution in [0.5, 0.6) is 0 Å². The maximum absolute atomic E-state index is 5.89. The molecule has 0 spiro atoms. The first-order chi connectivity index (χ1) is 22.2. The molecule has 0 unspecified atom stereocenters. The Morgan fingerprint density at radius 3 is 1.07 bits per heavy atom. The predicted molar refractivity (Wildman–Crippen MR) is 200 cm³/mol. The van der Waals surface area contributed by atoms with Crippen molar-refractivity contribution in [3.63, 3.8) is 0 Å². The van der Waals surface area contributed by atoms with E-state index in [-0.39, 0.29) is 0 Å². The SMILES string of the molecule is CO[Si](C)(C)c1ccc(N(c2ccc(C)cc2)c2cccc(-c3cccc(N(c4ccc(C)cc4)c4ccc(C)cc4)c3)c2)cc1. The Hall–Kier alpha value is -4.90. The molecule has 0 N–H and O–H groups in total. The average Bonchev–Trinajstić information content (AvgIpc) is 3.08. The molecule has 4 heteroatoms. The lowest BCUT2D eigenvalue weighted by Crippen LogP contribution is -2.43. The van der Waals surface area contributed by atoms with Gasteiger partial charge in [-0.05, 0) is 123 Å². The van der Waals surface area contributed by atoms with Crippen LogP contribution in [0.25, 0.3) is 11.1 Å². The van der Waals surface area contributed by atoms with Crippen molar-refractivity contribution in [1.29, 1.82) is 0 Å². The summed E-state index contributed by atoms with van der Waals surface area (Å²) in [6.45, 7) is 10.9. The van der Waals surface area contributed by atoms with E-state index in [1.165, 1.54) is 21.9 Å². The predicted octanol–water partition coefficient (Wildman–Crippen LogP) is 11.3. The Morgan fingerprint density at radius 2 is 0.739 bits per heavy atom. The summed E-state index contributed by atoms with van der Waals surface area (Å²) < 4.78 is 5.89. The Labute approximate surface area is 275 Å². The second-order valence-electron chi connectivity index (χ2n) is 12.5. The van der Waals surface area contributed by atoms with Gasteiger partial charge in [0.05, 0.1) is 0 Å². The molecule has 0 aliphatic carbocycles. The van der Waals surface area contributed by atoms with E-state index in [1.54, 1.807) is 0 Å². The fourth-order valence-corrected chi connectivity index (χ4v) is 6.96. The summed E-state index contributed by atoms with van der Waals surface area (Å²) in [6, 6.07) is 52.8. The lowest BCUT2D eigenvalue weighted by Gasteiger charge is -2.28. The van der Waals surface area contributed by atoms with Crippen LogP contribution in [-0.2, 0) is 4.43 Å². The number of anilines is 6. The Balaban J connectivity index is 1.42. The summed E-state index contributed by atoms with van der Waals surface area (Å²) in [4.78, 5) is 4.67. The molecule has 3 nitrogen and oxygen atoms in total. The highest BCUT2D eigenvalue weighted by molar-refractivity contribution is 6.84. The van der Waals surface area contributed by atoms with E-state index in [9.17, 15) is 0 Å². The number of hydrogen-bond donors (Lipinski definition) is 0. The molecular weight excluding hydrogens is 577 g/mol. The highest BCUT2D eigenvalue weighted by Crippen LogP contribution is 2.39. The first-order valence-electron chi connectivity index (χ1n) is 15.9. The highest BCUT2D eigenvalue weighted by Gasteiger charge is 2.24. The molecule has 0 fully saturated rings. The number of nitrogens with zero attached hydrogens (tertiary/aromatic N) is 2. The Kier molecular flexibility index (Phi) is 8.93. The van der Waals surface area contributed by atoms with Gasteiger partial charge in [0.25, 0.3) is 0 Å². The lowest BCUT2D eigenvalue weighted by atomic mass is 10.0. The molecular formula is C42H42N2OSi. The van der Waals surface area contributed by atoms with Crippen molar-refractivity contribution in [2.24, 2.45) is 0 Å². The highest BCUT2D eigenvalue weighted by atomic mass is 28.4. The standard InChI is InChI=1S/C42H42N2OSi/c1-31-13-19-36(20-14-31)43(37-21-15-32(2)16-22-37)40-11-7-9-34(29-40)35-10-8-12-41(30-35)44(38-23-17-33(3)18-24-38)39-25-27-42(28-26-39)46(5,6)45-4/h7-30H,1-6H3. The van der Waals surface area contributed by atoms with Gasteiger partial charge in [0.1, 0.15) is 0 Å². The summed E-state index contributed by atoms with van der Waals surface area (Å²) in [6.07, 6.45) is 0. The molecule has 0 bridgehead atoms. The van der Waals surface area contributed by atoms with E-state index in [0.717, 1.165) is 45.3 Å². The van der Waals surface area contributed by atoms with Gasteiger partial charge in [0.15, 0.2) is 0 Å². The van der Waals surface area contributed by atoms with Gasteiger partial charge in [0, 0.05) is 41.2 Å². The van der Waals surface area contributed by atoms with E-state index in [0.29, 0.717) is 0 Å². The second-order valence-corrected chi connectivity index (χ2v) is 16.5. The molecule has 0 aliphatic rings. The van der Waals surface area contributed by atoms with E-state index in [1.807, 2.05) is 7.11 Å². The van der Waals surface area contributed by atoms with Crippen LogP contribution in [0.2, 0.25) is 13.1 Å². The number of hydrogen-bond acceptors (Lipinski definition) is 3. The smallest absolute Gasteiger partial charge is 0.217 e. The molecule has 0 aliphatic heterocycles. The van der Waals surface area contributed by atoms with E-state index >= 15 is 0 Å². The first-order valence-corrected chi connectivity index (χ1v) is 18.8. The van der Waals surface area contributed by atoms with Gasteiger partial charge < -0.3 is 14.2 Å². The second kappa shape index (κ2) is 13.2. The quantitative estimate of drug-likeness (QED) is 0.150. The van der Waals surface area contributed by atoms with Crippen LogP contribution in [0.4, 0.5) is 34.1 Å².